The fourth-order valence-electron chi connectivity index (χ4n) is 3.53. The van der Waals surface area contributed by atoms with Crippen molar-refractivity contribution in [3.63, 3.8) is 0 Å². The molecule has 0 spiro atoms. The van der Waals surface area contributed by atoms with Gasteiger partial charge in [-0.1, -0.05) is 63.6 Å². The molecule has 1 N–H and O–H groups in total. The molecule has 0 aliphatic heterocycles. The van der Waals surface area contributed by atoms with E-state index in [2.05, 4.69) is 89.2 Å². The zero-order valence-electron chi connectivity index (χ0n) is 21.3. The van der Waals surface area contributed by atoms with Gasteiger partial charge in [0.15, 0.2) is 5.78 Å². The van der Waals surface area contributed by atoms with Crippen LogP contribution in [-0.2, 0) is 30.3 Å². The second kappa shape index (κ2) is 11.9. The van der Waals surface area contributed by atoms with Gasteiger partial charge < -0.3 is 10.1 Å². The van der Waals surface area contributed by atoms with Crippen LogP contribution in [0.3, 0.4) is 0 Å². The van der Waals surface area contributed by atoms with Crippen LogP contribution in [0.2, 0.25) is 0 Å². The normalized spacial score (nSPS) is 11.5. The summed E-state index contributed by atoms with van der Waals surface area (Å²) in [5.74, 6) is -0.0625. The van der Waals surface area contributed by atoms with Crippen LogP contribution in [-0.4, -0.2) is 15.9 Å². The Morgan fingerprint density at radius 1 is 1.03 bits per heavy atom. The number of hydrogen-bond donors (Lipinski definition) is 1. The average molecular weight is 663 g/mol. The van der Waals surface area contributed by atoms with E-state index in [9.17, 15) is 4.79 Å². The zero-order chi connectivity index (χ0) is 25.0. The first kappa shape index (κ1) is 28.6. The molecule has 2 aromatic carbocycles. The summed E-state index contributed by atoms with van der Waals surface area (Å²) >= 11 is 1.80. The third-order valence-electron chi connectivity index (χ3n) is 5.30. The van der Waals surface area contributed by atoms with Crippen LogP contribution in [0, 0.1) is 19.9 Å². The Morgan fingerprint density at radius 3 is 2.23 bits per heavy atom. The number of pyridine rings is 1. The van der Waals surface area contributed by atoms with Crippen LogP contribution in [0.5, 0.6) is 0 Å². The molecule has 185 valence electrons. The van der Waals surface area contributed by atoms with Gasteiger partial charge in [0.2, 0.25) is 0 Å². The van der Waals surface area contributed by atoms with Crippen LogP contribution in [0.1, 0.15) is 51.3 Å². The number of nitrogens with zero attached hydrogens (tertiary/aromatic N) is 1. The third-order valence-corrected chi connectivity index (χ3v) is 6.43. The summed E-state index contributed by atoms with van der Waals surface area (Å²) in [7, 11) is 0. The number of ketones is 1. The molecule has 0 saturated carbocycles. The van der Waals surface area contributed by atoms with Gasteiger partial charge in [-0.15, -0.1) is 46.2 Å². The Morgan fingerprint density at radius 2 is 1.69 bits per heavy atom. The van der Waals surface area contributed by atoms with Crippen molar-refractivity contribution in [3.05, 3.63) is 89.3 Å². The van der Waals surface area contributed by atoms with Gasteiger partial charge in [0.1, 0.15) is 0 Å². The van der Waals surface area contributed by atoms with Crippen LogP contribution in [0.25, 0.3) is 31.8 Å². The Bertz CT molecular complexity index is 1340. The second-order valence-electron chi connectivity index (χ2n) is 9.70. The topological polar surface area (TPSA) is 50.2 Å². The van der Waals surface area contributed by atoms with Crippen LogP contribution >= 0.6 is 11.3 Å². The Kier molecular flexibility index (Phi) is 9.74. The van der Waals surface area contributed by atoms with E-state index in [-0.39, 0.29) is 37.1 Å². The van der Waals surface area contributed by atoms with Crippen molar-refractivity contribution in [2.75, 3.05) is 0 Å². The van der Waals surface area contributed by atoms with Crippen LogP contribution in [0.4, 0.5) is 0 Å². The molecule has 0 aliphatic rings. The molecular weight excluding hydrogens is 631 g/mol. The van der Waals surface area contributed by atoms with Gasteiger partial charge in [0.25, 0.3) is 0 Å². The minimum Gasteiger partial charge on any atom is -0.512 e. The molecule has 0 fully saturated rings. The van der Waals surface area contributed by atoms with E-state index in [4.69, 9.17) is 10.1 Å². The first-order valence-electron chi connectivity index (χ1n) is 11.3. The van der Waals surface area contributed by atoms with E-state index in [0.29, 0.717) is 0 Å². The number of carbonyl (C=O) groups is 1. The summed E-state index contributed by atoms with van der Waals surface area (Å²) in [5.41, 5.74) is 7.20. The number of thiophene rings is 1. The molecule has 35 heavy (non-hydrogen) atoms. The minimum absolute atomic E-state index is 0. The predicted molar refractivity (Wildman–Crippen MR) is 145 cm³/mol. The van der Waals surface area contributed by atoms with E-state index in [1.54, 1.807) is 11.3 Å². The Hall–Kier alpha value is -2.59. The number of hydrogen-bond acceptors (Lipinski definition) is 4. The molecule has 0 aliphatic carbocycles. The van der Waals surface area contributed by atoms with Crippen molar-refractivity contribution in [2.45, 2.75) is 53.9 Å². The number of aryl methyl sites for hydroxylation is 2. The number of fused-ring (bicyclic) bond motifs is 1. The number of carbonyl (C=O) groups excluding carboxylic acids is 1. The maximum absolute atomic E-state index is 10.0. The quantitative estimate of drug-likeness (QED) is 0.136. The fraction of sp³-hybridized carbons (Fsp3) is 0.267. The molecule has 2 heterocycles. The molecule has 0 bridgehead atoms. The standard InChI is InChI=1S/C25H24NS.C5H8O2.Ir/c1-16-6-8-18(9-7-16)23-14-20-13-22(26-15-24(20)27-23)19-10-17(2)11-21(12-19)25(3,4)5;1-4(6)3-5(2)7;/h6-9,11-15H,1-5H3;3,6H,1-2H3;/q-1;;/b;4-3-;. The smallest absolute Gasteiger partial charge is 0.155 e. The van der Waals surface area contributed by atoms with Gasteiger partial charge in [-0.3, -0.25) is 4.79 Å². The fourth-order valence-corrected chi connectivity index (χ4v) is 4.55. The summed E-state index contributed by atoms with van der Waals surface area (Å²) in [6.07, 6.45) is 3.17. The summed E-state index contributed by atoms with van der Waals surface area (Å²) in [5, 5.41) is 9.61. The average Bonchev–Trinajstić information content (AvgIpc) is 3.16. The van der Waals surface area contributed by atoms with Gasteiger partial charge in [0.05, 0.1) is 10.5 Å². The molecule has 0 unspecified atom stereocenters. The molecule has 1 radical (unpaired) electrons. The Balaban J connectivity index is 0.000000476. The van der Waals surface area contributed by atoms with Crippen molar-refractivity contribution < 1.29 is 30.0 Å². The zero-order valence-corrected chi connectivity index (χ0v) is 24.5. The van der Waals surface area contributed by atoms with Gasteiger partial charge in [0, 0.05) is 37.3 Å². The number of aliphatic hydroxyl groups is 1. The van der Waals surface area contributed by atoms with Gasteiger partial charge in [-0.05, 0) is 48.9 Å². The first-order chi connectivity index (χ1) is 15.9. The Labute approximate surface area is 226 Å². The minimum atomic E-state index is -0.125. The van der Waals surface area contributed by atoms with E-state index < -0.39 is 0 Å². The summed E-state index contributed by atoms with van der Waals surface area (Å²) in [6, 6.07) is 21.1. The van der Waals surface area contributed by atoms with E-state index in [1.807, 2.05) is 6.20 Å². The van der Waals surface area contributed by atoms with Gasteiger partial charge >= 0.3 is 0 Å². The number of benzene rings is 2. The molecule has 3 nitrogen and oxygen atoms in total. The molecule has 0 amide bonds. The van der Waals surface area contributed by atoms with Gasteiger partial charge in [-0.25, -0.2) is 0 Å². The molecular formula is C30H32IrNO2S-. The number of rotatable bonds is 3. The summed E-state index contributed by atoms with van der Waals surface area (Å²) in [4.78, 5) is 16.0. The molecule has 5 heteroatoms. The van der Waals surface area contributed by atoms with Crippen molar-refractivity contribution >= 4 is 27.2 Å². The first-order valence-corrected chi connectivity index (χ1v) is 12.1. The maximum Gasteiger partial charge on any atom is 0.155 e. The van der Waals surface area contributed by atoms with E-state index >= 15 is 0 Å². The molecule has 4 rings (SSSR count). The third kappa shape index (κ3) is 7.96. The second-order valence-corrected chi connectivity index (χ2v) is 10.8. The van der Waals surface area contributed by atoms with E-state index in [1.165, 1.54) is 51.6 Å². The number of aromatic nitrogens is 1. The number of allylic oxidation sites excluding steroid dienone is 2. The van der Waals surface area contributed by atoms with Crippen molar-refractivity contribution in [3.8, 4) is 21.7 Å². The number of aliphatic hydroxyl groups excluding tert-OH is 1. The molecule has 0 atom stereocenters. The molecule has 2 aromatic heterocycles. The summed E-state index contributed by atoms with van der Waals surface area (Å²) < 4.78 is 1.22. The van der Waals surface area contributed by atoms with Crippen LogP contribution in [0.15, 0.2) is 66.6 Å². The van der Waals surface area contributed by atoms with Crippen molar-refractivity contribution in [1.29, 1.82) is 0 Å². The monoisotopic (exact) mass is 663 g/mol. The largest absolute Gasteiger partial charge is 0.512 e. The van der Waals surface area contributed by atoms with Crippen molar-refractivity contribution in [1.82, 2.24) is 4.98 Å². The van der Waals surface area contributed by atoms with Gasteiger partial charge in [-0.2, -0.15) is 0 Å². The predicted octanol–water partition coefficient (Wildman–Crippen LogP) is 8.38. The van der Waals surface area contributed by atoms with E-state index in [0.717, 1.165) is 16.8 Å². The summed E-state index contributed by atoms with van der Waals surface area (Å²) in [6.45, 7) is 13.8. The van der Waals surface area contributed by atoms with Crippen molar-refractivity contribution in [2.24, 2.45) is 0 Å². The SMILES string of the molecule is CC(=O)/C=C(/C)O.Cc1[c-]c(-c2cc3cc(-c4ccc(C)cc4)sc3cn2)cc(C(C)(C)C)c1.[Ir]. The molecule has 4 aromatic rings. The van der Waals surface area contributed by atoms with Crippen LogP contribution < -0.4 is 0 Å². The molecule has 0 saturated heterocycles. The maximum atomic E-state index is 10.0.